The van der Waals surface area contributed by atoms with E-state index in [2.05, 4.69) is 15.0 Å². The zero-order valence-electron chi connectivity index (χ0n) is 17.7. The predicted molar refractivity (Wildman–Crippen MR) is 121 cm³/mol. The summed E-state index contributed by atoms with van der Waals surface area (Å²) in [6.45, 7) is 2.35. The highest BCUT2D eigenvalue weighted by Crippen LogP contribution is 2.15. The van der Waals surface area contributed by atoms with Crippen molar-refractivity contribution in [2.45, 2.75) is 38.6 Å². The Morgan fingerprint density at radius 2 is 1.74 bits per heavy atom. The van der Waals surface area contributed by atoms with E-state index in [0.717, 1.165) is 37.2 Å². The van der Waals surface area contributed by atoms with Crippen LogP contribution in [-0.2, 0) is 19.4 Å². The van der Waals surface area contributed by atoms with Gasteiger partial charge in [-0.25, -0.2) is 4.99 Å². The number of nitrogens with zero attached hydrogens (tertiary/aromatic N) is 3. The number of guanidine groups is 1. The van der Waals surface area contributed by atoms with E-state index in [1.165, 1.54) is 19.3 Å². The molecule has 1 fully saturated rings. The lowest BCUT2D eigenvalue weighted by molar-refractivity contribution is 0.103. The van der Waals surface area contributed by atoms with Gasteiger partial charge in [0.25, 0.3) is 0 Å². The van der Waals surface area contributed by atoms with E-state index in [9.17, 15) is 4.79 Å². The average Bonchev–Trinajstić information content (AvgIpc) is 3.30. The maximum Gasteiger partial charge on any atom is 0.193 e. The topological polar surface area (TPSA) is 84.7 Å². The summed E-state index contributed by atoms with van der Waals surface area (Å²) in [5.74, 6) is 1.33. The smallest absolute Gasteiger partial charge is 0.193 e. The van der Waals surface area contributed by atoms with Crippen molar-refractivity contribution in [3.63, 3.8) is 0 Å². The molecule has 4 rings (SSSR count). The quantitative estimate of drug-likeness (QED) is 0.358. The molecule has 0 atom stereocenters. The maximum absolute atomic E-state index is 12.7. The zero-order chi connectivity index (χ0) is 21.5. The van der Waals surface area contributed by atoms with Gasteiger partial charge < -0.3 is 15.2 Å². The molecular weight excluding hydrogens is 388 g/mol. The van der Waals surface area contributed by atoms with Crippen LogP contribution in [0.2, 0.25) is 0 Å². The molecule has 6 nitrogen and oxygen atoms in total. The Morgan fingerprint density at radius 1 is 0.968 bits per heavy atom. The molecule has 3 aromatic rings. The van der Waals surface area contributed by atoms with Crippen LogP contribution in [0.1, 0.15) is 52.2 Å². The van der Waals surface area contributed by atoms with Crippen molar-refractivity contribution in [2.75, 3.05) is 13.1 Å². The molecule has 1 aromatic heterocycles. The van der Waals surface area contributed by atoms with Crippen LogP contribution in [0.5, 0.6) is 0 Å². The first-order chi connectivity index (χ1) is 15.2. The summed E-state index contributed by atoms with van der Waals surface area (Å²) in [5, 5.41) is 4.16. The van der Waals surface area contributed by atoms with Gasteiger partial charge in [0, 0.05) is 30.3 Å². The van der Waals surface area contributed by atoms with Gasteiger partial charge in [-0.1, -0.05) is 53.7 Å². The molecular formula is C25H28N4O2. The highest BCUT2D eigenvalue weighted by Gasteiger charge is 2.13. The van der Waals surface area contributed by atoms with Gasteiger partial charge in [-0.3, -0.25) is 4.79 Å². The van der Waals surface area contributed by atoms with E-state index in [-0.39, 0.29) is 5.78 Å². The number of benzene rings is 2. The van der Waals surface area contributed by atoms with Crippen LogP contribution in [0.4, 0.5) is 0 Å². The molecule has 0 saturated carbocycles. The van der Waals surface area contributed by atoms with Gasteiger partial charge in [0.1, 0.15) is 6.54 Å². The molecule has 6 heteroatoms. The third-order valence-electron chi connectivity index (χ3n) is 5.58. The second kappa shape index (κ2) is 10.1. The van der Waals surface area contributed by atoms with Gasteiger partial charge in [0.05, 0.1) is 5.69 Å². The van der Waals surface area contributed by atoms with Gasteiger partial charge in [-0.05, 0) is 43.7 Å². The Labute approximate surface area is 182 Å². The van der Waals surface area contributed by atoms with Gasteiger partial charge in [-0.15, -0.1) is 0 Å². The lowest BCUT2D eigenvalue weighted by Gasteiger charge is -2.27. The van der Waals surface area contributed by atoms with Crippen LogP contribution in [0.3, 0.4) is 0 Å². The molecule has 1 saturated heterocycles. The van der Waals surface area contributed by atoms with Crippen LogP contribution >= 0.6 is 0 Å². The Bertz CT molecular complexity index is 1040. The Balaban J connectivity index is 1.33. The third-order valence-corrected chi connectivity index (χ3v) is 5.58. The van der Waals surface area contributed by atoms with E-state index in [0.29, 0.717) is 29.4 Å². The maximum atomic E-state index is 12.7. The number of aryl methyl sites for hydroxylation is 2. The van der Waals surface area contributed by atoms with Crippen molar-refractivity contribution in [1.82, 2.24) is 10.1 Å². The second-order valence-electron chi connectivity index (χ2n) is 7.90. The first kappa shape index (κ1) is 20.8. The highest BCUT2D eigenvalue weighted by atomic mass is 16.5. The number of rotatable bonds is 7. The Morgan fingerprint density at radius 3 is 2.55 bits per heavy atom. The van der Waals surface area contributed by atoms with Crippen LogP contribution in [-0.4, -0.2) is 34.9 Å². The van der Waals surface area contributed by atoms with Gasteiger partial charge in [0.2, 0.25) is 0 Å². The first-order valence-corrected chi connectivity index (χ1v) is 10.9. The lowest BCUT2D eigenvalue weighted by atomic mass is 9.99. The molecule has 2 aromatic carbocycles. The fourth-order valence-corrected chi connectivity index (χ4v) is 3.83. The molecule has 0 spiro atoms. The van der Waals surface area contributed by atoms with Gasteiger partial charge in [-0.2, -0.15) is 0 Å². The number of aliphatic imine (C=N–C) groups is 1. The van der Waals surface area contributed by atoms with Crippen LogP contribution in [0.15, 0.2) is 70.2 Å². The molecule has 0 amide bonds. The number of carbonyl (C=O) groups excluding carboxylic acids is 1. The van der Waals surface area contributed by atoms with Gasteiger partial charge >= 0.3 is 0 Å². The van der Waals surface area contributed by atoms with Crippen molar-refractivity contribution in [2.24, 2.45) is 10.7 Å². The number of hydrogen-bond acceptors (Lipinski definition) is 4. The monoisotopic (exact) mass is 416 g/mol. The van der Waals surface area contributed by atoms with Crippen molar-refractivity contribution >= 4 is 11.7 Å². The Kier molecular flexibility index (Phi) is 6.77. The minimum absolute atomic E-state index is 0.0373. The largest absolute Gasteiger partial charge is 0.370 e. The molecule has 1 aliphatic rings. The minimum atomic E-state index is 0.0373. The van der Waals surface area contributed by atoms with Crippen LogP contribution < -0.4 is 5.73 Å². The lowest BCUT2D eigenvalue weighted by Crippen LogP contribution is -2.40. The predicted octanol–water partition coefficient (Wildman–Crippen LogP) is 3.99. The summed E-state index contributed by atoms with van der Waals surface area (Å²) >= 11 is 0. The van der Waals surface area contributed by atoms with Crippen molar-refractivity contribution in [3.05, 3.63) is 88.8 Å². The fourth-order valence-electron chi connectivity index (χ4n) is 3.83. The van der Waals surface area contributed by atoms with E-state index in [1.807, 2.05) is 60.7 Å². The standard InChI is InChI=1S/C25H28N4O2/c26-25(29-14-5-2-6-15-29)27-18-23-17-22(28-31-23)13-12-19-8-7-11-21(16-19)24(30)20-9-3-1-4-10-20/h1,3-4,7-11,16-17H,2,5-6,12-15,18H2,(H2,26,27). The van der Waals surface area contributed by atoms with E-state index in [4.69, 9.17) is 10.3 Å². The molecule has 0 unspecified atom stereocenters. The Hall–Kier alpha value is -3.41. The number of hydrogen-bond donors (Lipinski definition) is 1. The number of piperidine rings is 1. The SMILES string of the molecule is NC(=NCc1cc(CCc2cccc(C(=O)c3ccccc3)c2)no1)N1CCCCC1. The van der Waals surface area contributed by atoms with E-state index < -0.39 is 0 Å². The molecule has 0 aliphatic carbocycles. The van der Waals surface area contributed by atoms with Crippen molar-refractivity contribution in [1.29, 1.82) is 0 Å². The second-order valence-corrected chi connectivity index (χ2v) is 7.90. The molecule has 31 heavy (non-hydrogen) atoms. The molecule has 1 aliphatic heterocycles. The highest BCUT2D eigenvalue weighted by molar-refractivity contribution is 6.09. The minimum Gasteiger partial charge on any atom is -0.370 e. The normalized spacial score (nSPS) is 14.6. The molecule has 0 bridgehead atoms. The summed E-state index contributed by atoms with van der Waals surface area (Å²) in [6.07, 6.45) is 5.11. The van der Waals surface area contributed by atoms with Crippen LogP contribution in [0, 0.1) is 0 Å². The zero-order valence-corrected chi connectivity index (χ0v) is 17.7. The average molecular weight is 417 g/mol. The summed E-state index contributed by atoms with van der Waals surface area (Å²) in [4.78, 5) is 19.3. The molecule has 2 N–H and O–H groups in total. The fraction of sp³-hybridized carbons (Fsp3) is 0.320. The van der Waals surface area contributed by atoms with Crippen molar-refractivity contribution < 1.29 is 9.32 Å². The van der Waals surface area contributed by atoms with Crippen molar-refractivity contribution in [3.8, 4) is 0 Å². The molecule has 2 heterocycles. The number of ketones is 1. The summed E-state index contributed by atoms with van der Waals surface area (Å²) in [7, 11) is 0. The number of carbonyl (C=O) groups is 1. The number of nitrogens with two attached hydrogens (primary N) is 1. The van der Waals surface area contributed by atoms with Gasteiger partial charge in [0.15, 0.2) is 17.5 Å². The summed E-state index contributed by atoms with van der Waals surface area (Å²) in [6, 6.07) is 19.1. The third kappa shape index (κ3) is 5.60. The summed E-state index contributed by atoms with van der Waals surface area (Å²) < 4.78 is 5.43. The summed E-state index contributed by atoms with van der Waals surface area (Å²) in [5.41, 5.74) is 9.48. The number of aromatic nitrogens is 1. The van der Waals surface area contributed by atoms with E-state index in [1.54, 1.807) is 0 Å². The first-order valence-electron chi connectivity index (χ1n) is 10.9. The van der Waals surface area contributed by atoms with Crippen LogP contribution in [0.25, 0.3) is 0 Å². The van der Waals surface area contributed by atoms with E-state index >= 15 is 0 Å². The number of likely N-dealkylation sites (tertiary alicyclic amines) is 1. The molecule has 160 valence electrons. The molecule has 0 radical (unpaired) electrons.